The van der Waals surface area contributed by atoms with Gasteiger partial charge in [-0.3, -0.25) is 0 Å². The topological polar surface area (TPSA) is 40.5 Å². The fourth-order valence-corrected chi connectivity index (χ4v) is 1.05. The first-order valence-corrected chi connectivity index (χ1v) is 4.10. The summed E-state index contributed by atoms with van der Waals surface area (Å²) in [5.74, 6) is -1.64. The van der Waals surface area contributed by atoms with Crippen molar-refractivity contribution in [1.82, 2.24) is 0 Å². The molecule has 0 aromatic heterocycles. The minimum Gasteiger partial charge on any atom is -0.365 e. The molecule has 2 N–H and O–H groups in total. The van der Waals surface area contributed by atoms with E-state index in [0.717, 1.165) is 6.42 Å². The Morgan fingerprint density at radius 2 is 2.09 bits per heavy atom. The van der Waals surface area contributed by atoms with Crippen LogP contribution in [0.1, 0.15) is 33.1 Å². The molecule has 0 saturated heterocycles. The summed E-state index contributed by atoms with van der Waals surface area (Å²) in [7, 11) is 0. The van der Waals surface area contributed by atoms with Crippen molar-refractivity contribution < 1.29 is 10.2 Å². The lowest BCUT2D eigenvalue weighted by Gasteiger charge is -2.27. The molecule has 0 saturated carbocycles. The van der Waals surface area contributed by atoms with Gasteiger partial charge in [0, 0.05) is 12.3 Å². The average Bonchev–Trinajstić information content (AvgIpc) is 1.88. The zero-order valence-electron chi connectivity index (χ0n) is 7.38. The molecule has 2 heteroatoms. The van der Waals surface area contributed by atoms with Crippen LogP contribution in [0, 0.1) is 5.92 Å². The first-order valence-electron chi connectivity index (χ1n) is 4.10. The molecule has 0 amide bonds. The molecule has 0 bridgehead atoms. The quantitative estimate of drug-likeness (QED) is 0.472. The second-order valence-electron chi connectivity index (χ2n) is 3.05. The fourth-order valence-electron chi connectivity index (χ4n) is 1.05. The molecule has 0 rings (SSSR count). The minimum atomic E-state index is -1.51. The number of rotatable bonds is 5. The summed E-state index contributed by atoms with van der Waals surface area (Å²) in [6.07, 6.45) is 3.57. The van der Waals surface area contributed by atoms with Gasteiger partial charge in [0.1, 0.15) is 0 Å². The molecule has 1 unspecified atom stereocenters. The van der Waals surface area contributed by atoms with Gasteiger partial charge >= 0.3 is 0 Å². The third-order valence-corrected chi connectivity index (χ3v) is 1.93. The molecule has 11 heavy (non-hydrogen) atoms. The molecule has 0 aliphatic carbocycles. The van der Waals surface area contributed by atoms with Gasteiger partial charge < -0.3 is 10.2 Å². The summed E-state index contributed by atoms with van der Waals surface area (Å²) in [5, 5.41) is 18.8. The number of aliphatic hydroxyl groups is 2. The maximum Gasteiger partial charge on any atom is 0.165 e. The van der Waals surface area contributed by atoms with Crippen molar-refractivity contribution in [3.8, 4) is 0 Å². The van der Waals surface area contributed by atoms with Gasteiger partial charge in [0.2, 0.25) is 0 Å². The van der Waals surface area contributed by atoms with E-state index in [0.29, 0.717) is 12.8 Å². The van der Waals surface area contributed by atoms with E-state index in [1.165, 1.54) is 0 Å². The minimum absolute atomic E-state index is 0.125. The van der Waals surface area contributed by atoms with Crippen LogP contribution in [0.4, 0.5) is 0 Å². The van der Waals surface area contributed by atoms with Crippen LogP contribution < -0.4 is 0 Å². The highest BCUT2D eigenvalue weighted by molar-refractivity contribution is 4.79. The standard InChI is InChI=1S/C9H18O2/c1-4-6-8(3)9(10,11)7-5-2/h4,8,10-11H,1,5-7H2,2-3H3. The van der Waals surface area contributed by atoms with E-state index in [2.05, 4.69) is 6.58 Å². The zero-order chi connectivity index (χ0) is 8.91. The molecular weight excluding hydrogens is 140 g/mol. The highest BCUT2D eigenvalue weighted by Gasteiger charge is 2.28. The van der Waals surface area contributed by atoms with Crippen molar-refractivity contribution in [3.05, 3.63) is 12.7 Å². The van der Waals surface area contributed by atoms with Gasteiger partial charge in [-0.15, -0.1) is 6.58 Å². The maximum atomic E-state index is 9.42. The van der Waals surface area contributed by atoms with Crippen molar-refractivity contribution in [1.29, 1.82) is 0 Å². The predicted octanol–water partition coefficient (Wildman–Crippen LogP) is 1.68. The first kappa shape index (κ1) is 10.7. The monoisotopic (exact) mass is 158 g/mol. The molecule has 0 spiro atoms. The lowest BCUT2D eigenvalue weighted by molar-refractivity contribution is -0.199. The summed E-state index contributed by atoms with van der Waals surface area (Å²) in [6, 6.07) is 0. The fraction of sp³-hybridized carbons (Fsp3) is 0.778. The molecule has 66 valence electrons. The third kappa shape index (κ3) is 3.54. The predicted molar refractivity (Wildman–Crippen MR) is 46.1 cm³/mol. The molecule has 0 fully saturated rings. The van der Waals surface area contributed by atoms with Gasteiger partial charge in [0.15, 0.2) is 5.79 Å². The molecule has 2 nitrogen and oxygen atoms in total. The Balaban J connectivity index is 3.93. The van der Waals surface area contributed by atoms with Gasteiger partial charge in [0.25, 0.3) is 0 Å². The van der Waals surface area contributed by atoms with E-state index in [9.17, 15) is 10.2 Å². The summed E-state index contributed by atoms with van der Waals surface area (Å²) in [6.45, 7) is 7.30. The van der Waals surface area contributed by atoms with Crippen molar-refractivity contribution in [2.24, 2.45) is 5.92 Å². The van der Waals surface area contributed by atoms with E-state index in [-0.39, 0.29) is 5.92 Å². The van der Waals surface area contributed by atoms with Crippen molar-refractivity contribution in [3.63, 3.8) is 0 Å². The van der Waals surface area contributed by atoms with Crippen molar-refractivity contribution in [2.45, 2.75) is 38.9 Å². The van der Waals surface area contributed by atoms with E-state index in [4.69, 9.17) is 0 Å². The Kier molecular flexibility index (Phi) is 4.38. The van der Waals surface area contributed by atoms with E-state index < -0.39 is 5.79 Å². The molecule has 0 radical (unpaired) electrons. The van der Waals surface area contributed by atoms with E-state index >= 15 is 0 Å². The molecular formula is C9H18O2. The maximum absolute atomic E-state index is 9.42. The summed E-state index contributed by atoms with van der Waals surface area (Å²) in [4.78, 5) is 0. The Labute approximate surface area is 68.6 Å². The Morgan fingerprint density at radius 1 is 1.55 bits per heavy atom. The van der Waals surface area contributed by atoms with Crippen LogP contribution in [-0.2, 0) is 0 Å². The van der Waals surface area contributed by atoms with Gasteiger partial charge in [0.05, 0.1) is 0 Å². The lowest BCUT2D eigenvalue weighted by atomic mass is 9.93. The summed E-state index contributed by atoms with van der Waals surface area (Å²) in [5.41, 5.74) is 0. The van der Waals surface area contributed by atoms with Gasteiger partial charge in [-0.25, -0.2) is 0 Å². The molecule has 0 aromatic carbocycles. The largest absolute Gasteiger partial charge is 0.365 e. The van der Waals surface area contributed by atoms with Crippen LogP contribution in [0.2, 0.25) is 0 Å². The molecule has 0 heterocycles. The van der Waals surface area contributed by atoms with Crippen LogP contribution in [0.3, 0.4) is 0 Å². The molecule has 0 aromatic rings. The lowest BCUT2D eigenvalue weighted by Crippen LogP contribution is -2.35. The molecule has 0 aliphatic rings. The van der Waals surface area contributed by atoms with Gasteiger partial charge in [-0.2, -0.15) is 0 Å². The Morgan fingerprint density at radius 3 is 2.45 bits per heavy atom. The number of allylic oxidation sites excluding steroid dienone is 1. The summed E-state index contributed by atoms with van der Waals surface area (Å²) >= 11 is 0. The zero-order valence-corrected chi connectivity index (χ0v) is 7.38. The van der Waals surface area contributed by atoms with Gasteiger partial charge in [-0.05, 0) is 6.42 Å². The highest BCUT2D eigenvalue weighted by Crippen LogP contribution is 2.22. The van der Waals surface area contributed by atoms with Crippen LogP contribution in [0.15, 0.2) is 12.7 Å². The number of hydrogen-bond acceptors (Lipinski definition) is 2. The van der Waals surface area contributed by atoms with Crippen LogP contribution in [0.5, 0.6) is 0 Å². The third-order valence-electron chi connectivity index (χ3n) is 1.93. The van der Waals surface area contributed by atoms with E-state index in [1.807, 2.05) is 13.8 Å². The van der Waals surface area contributed by atoms with Crippen molar-refractivity contribution in [2.75, 3.05) is 0 Å². The number of hydrogen-bond donors (Lipinski definition) is 2. The Bertz CT molecular complexity index is 119. The van der Waals surface area contributed by atoms with E-state index in [1.54, 1.807) is 6.08 Å². The first-order chi connectivity index (χ1) is 5.04. The smallest absolute Gasteiger partial charge is 0.165 e. The Hall–Kier alpha value is -0.340. The van der Waals surface area contributed by atoms with Crippen LogP contribution >= 0.6 is 0 Å². The van der Waals surface area contributed by atoms with Crippen LogP contribution in [-0.4, -0.2) is 16.0 Å². The van der Waals surface area contributed by atoms with Crippen molar-refractivity contribution >= 4 is 0 Å². The van der Waals surface area contributed by atoms with Crippen LogP contribution in [0.25, 0.3) is 0 Å². The second kappa shape index (κ2) is 4.52. The highest BCUT2D eigenvalue weighted by atomic mass is 16.5. The van der Waals surface area contributed by atoms with Gasteiger partial charge in [-0.1, -0.05) is 26.3 Å². The molecule has 1 atom stereocenters. The molecule has 0 aliphatic heterocycles. The summed E-state index contributed by atoms with van der Waals surface area (Å²) < 4.78 is 0. The normalized spacial score (nSPS) is 14.5. The SMILES string of the molecule is C=CCC(C)C(O)(O)CCC. The average molecular weight is 158 g/mol. The second-order valence-corrected chi connectivity index (χ2v) is 3.05.